The second kappa shape index (κ2) is 4.46. The first-order valence-corrected chi connectivity index (χ1v) is 6.75. The Bertz CT molecular complexity index is 895. The number of hydrogen-bond acceptors (Lipinski definition) is 1. The fraction of sp³-hybridized carbons (Fsp3) is 0. The SMILES string of the molecule is c1ccc(-c2nccc3ccc4ccccc4c23)cc1. The Hall–Kier alpha value is -2.67. The number of hydrogen-bond donors (Lipinski definition) is 0. The summed E-state index contributed by atoms with van der Waals surface area (Å²) >= 11 is 0. The zero-order valence-corrected chi connectivity index (χ0v) is 11.0. The lowest BCUT2D eigenvalue weighted by Gasteiger charge is -2.09. The zero-order chi connectivity index (χ0) is 13.4. The van der Waals surface area contributed by atoms with E-state index >= 15 is 0 Å². The summed E-state index contributed by atoms with van der Waals surface area (Å²) in [5, 5.41) is 4.98. The summed E-state index contributed by atoms with van der Waals surface area (Å²) in [5.74, 6) is 0. The first kappa shape index (κ1) is 11.2. The molecule has 0 atom stereocenters. The molecule has 0 unspecified atom stereocenters. The van der Waals surface area contributed by atoms with Gasteiger partial charge in [-0.15, -0.1) is 0 Å². The van der Waals surface area contributed by atoms with E-state index in [0.29, 0.717) is 0 Å². The molecule has 0 saturated carbocycles. The number of fused-ring (bicyclic) bond motifs is 3. The van der Waals surface area contributed by atoms with Crippen molar-refractivity contribution in [1.29, 1.82) is 0 Å². The molecule has 0 N–H and O–H groups in total. The molecule has 4 aromatic rings. The summed E-state index contributed by atoms with van der Waals surface area (Å²) < 4.78 is 0. The molecule has 1 aromatic heterocycles. The number of benzene rings is 3. The highest BCUT2D eigenvalue weighted by Gasteiger charge is 2.08. The van der Waals surface area contributed by atoms with Crippen molar-refractivity contribution in [3.63, 3.8) is 0 Å². The van der Waals surface area contributed by atoms with Gasteiger partial charge in [0.1, 0.15) is 0 Å². The third-order valence-electron chi connectivity index (χ3n) is 3.70. The monoisotopic (exact) mass is 255 g/mol. The Morgan fingerprint density at radius 2 is 1.35 bits per heavy atom. The van der Waals surface area contributed by atoms with Crippen LogP contribution in [0.1, 0.15) is 0 Å². The van der Waals surface area contributed by atoms with Crippen LogP contribution in [0.15, 0.2) is 79.0 Å². The number of nitrogens with zero attached hydrogens (tertiary/aromatic N) is 1. The molecule has 0 aliphatic rings. The molecule has 0 spiro atoms. The van der Waals surface area contributed by atoms with Crippen LogP contribution in [-0.2, 0) is 0 Å². The molecule has 0 radical (unpaired) electrons. The fourth-order valence-corrected chi connectivity index (χ4v) is 2.76. The highest BCUT2D eigenvalue weighted by atomic mass is 14.7. The Labute approximate surface area is 117 Å². The summed E-state index contributed by atoms with van der Waals surface area (Å²) in [7, 11) is 0. The molecule has 94 valence electrons. The maximum Gasteiger partial charge on any atom is 0.0786 e. The number of aromatic nitrogens is 1. The van der Waals surface area contributed by atoms with E-state index in [9.17, 15) is 0 Å². The molecule has 0 fully saturated rings. The standard InChI is InChI=1S/C19H13N/c1-2-7-16(8-3-1)19-18-15(12-13-20-19)11-10-14-6-4-5-9-17(14)18/h1-13H. The Balaban J connectivity index is 2.19. The van der Waals surface area contributed by atoms with Crippen molar-refractivity contribution in [3.8, 4) is 11.3 Å². The van der Waals surface area contributed by atoms with Gasteiger partial charge in [0.15, 0.2) is 0 Å². The lowest BCUT2D eigenvalue weighted by molar-refractivity contribution is 1.36. The highest BCUT2D eigenvalue weighted by Crippen LogP contribution is 2.32. The first-order chi connectivity index (χ1) is 9.93. The molecule has 0 aliphatic heterocycles. The van der Waals surface area contributed by atoms with Gasteiger partial charge in [-0.2, -0.15) is 0 Å². The Morgan fingerprint density at radius 3 is 2.25 bits per heavy atom. The molecule has 0 bridgehead atoms. The Morgan fingerprint density at radius 1 is 0.600 bits per heavy atom. The minimum absolute atomic E-state index is 1.06. The van der Waals surface area contributed by atoms with Gasteiger partial charge in [-0.05, 0) is 22.2 Å². The van der Waals surface area contributed by atoms with Gasteiger partial charge in [-0.1, -0.05) is 66.7 Å². The van der Waals surface area contributed by atoms with Gasteiger partial charge in [0.05, 0.1) is 5.69 Å². The molecule has 3 aromatic carbocycles. The molecular weight excluding hydrogens is 242 g/mol. The highest BCUT2D eigenvalue weighted by molar-refractivity contribution is 6.13. The van der Waals surface area contributed by atoms with E-state index in [-0.39, 0.29) is 0 Å². The van der Waals surface area contributed by atoms with Crippen LogP contribution < -0.4 is 0 Å². The van der Waals surface area contributed by atoms with Crippen LogP contribution >= 0.6 is 0 Å². The van der Waals surface area contributed by atoms with Gasteiger partial charge in [0, 0.05) is 17.1 Å². The maximum absolute atomic E-state index is 4.63. The second-order valence-corrected chi connectivity index (χ2v) is 4.91. The van der Waals surface area contributed by atoms with Gasteiger partial charge < -0.3 is 0 Å². The normalized spacial score (nSPS) is 11.0. The summed E-state index contributed by atoms with van der Waals surface area (Å²) in [5.41, 5.74) is 2.22. The number of pyridine rings is 1. The van der Waals surface area contributed by atoms with E-state index in [2.05, 4.69) is 71.7 Å². The van der Waals surface area contributed by atoms with Gasteiger partial charge in [0.2, 0.25) is 0 Å². The van der Waals surface area contributed by atoms with Crippen LogP contribution in [0.4, 0.5) is 0 Å². The van der Waals surface area contributed by atoms with Crippen LogP contribution in [0.2, 0.25) is 0 Å². The molecule has 20 heavy (non-hydrogen) atoms. The third-order valence-corrected chi connectivity index (χ3v) is 3.70. The summed E-state index contributed by atoms with van der Waals surface area (Å²) in [6, 6.07) is 25.3. The van der Waals surface area contributed by atoms with Crippen LogP contribution in [0.5, 0.6) is 0 Å². The Kier molecular flexibility index (Phi) is 2.49. The van der Waals surface area contributed by atoms with Crippen LogP contribution in [0, 0.1) is 0 Å². The molecule has 1 nitrogen and oxygen atoms in total. The molecule has 0 saturated heterocycles. The summed E-state index contributed by atoms with van der Waals surface area (Å²) in [6.07, 6.45) is 1.89. The van der Waals surface area contributed by atoms with Gasteiger partial charge in [-0.3, -0.25) is 4.98 Å². The van der Waals surface area contributed by atoms with Crippen molar-refractivity contribution in [2.75, 3.05) is 0 Å². The average Bonchev–Trinajstić information content (AvgIpc) is 2.55. The van der Waals surface area contributed by atoms with Crippen molar-refractivity contribution in [1.82, 2.24) is 4.98 Å². The van der Waals surface area contributed by atoms with E-state index in [1.54, 1.807) is 0 Å². The minimum Gasteiger partial charge on any atom is -0.256 e. The average molecular weight is 255 g/mol. The smallest absolute Gasteiger partial charge is 0.0786 e. The van der Waals surface area contributed by atoms with E-state index in [1.165, 1.54) is 21.5 Å². The lowest BCUT2D eigenvalue weighted by Crippen LogP contribution is -1.87. The number of rotatable bonds is 1. The van der Waals surface area contributed by atoms with Gasteiger partial charge >= 0.3 is 0 Å². The van der Waals surface area contributed by atoms with Crippen LogP contribution in [-0.4, -0.2) is 4.98 Å². The predicted molar refractivity (Wildman–Crippen MR) is 84.7 cm³/mol. The second-order valence-electron chi connectivity index (χ2n) is 4.91. The summed E-state index contributed by atoms with van der Waals surface area (Å²) in [4.78, 5) is 4.63. The first-order valence-electron chi connectivity index (χ1n) is 6.75. The largest absolute Gasteiger partial charge is 0.256 e. The molecule has 4 rings (SSSR count). The van der Waals surface area contributed by atoms with Crippen molar-refractivity contribution >= 4 is 21.5 Å². The lowest BCUT2D eigenvalue weighted by atomic mass is 9.98. The zero-order valence-electron chi connectivity index (χ0n) is 11.0. The van der Waals surface area contributed by atoms with Crippen molar-refractivity contribution < 1.29 is 0 Å². The van der Waals surface area contributed by atoms with E-state index in [0.717, 1.165) is 11.3 Å². The third kappa shape index (κ3) is 1.68. The molecule has 0 amide bonds. The fourth-order valence-electron chi connectivity index (χ4n) is 2.76. The molecule has 1 heterocycles. The maximum atomic E-state index is 4.63. The van der Waals surface area contributed by atoms with Crippen molar-refractivity contribution in [2.24, 2.45) is 0 Å². The van der Waals surface area contributed by atoms with Gasteiger partial charge in [0.25, 0.3) is 0 Å². The molecule has 0 aliphatic carbocycles. The van der Waals surface area contributed by atoms with Crippen molar-refractivity contribution in [2.45, 2.75) is 0 Å². The van der Waals surface area contributed by atoms with Crippen molar-refractivity contribution in [3.05, 3.63) is 79.0 Å². The van der Waals surface area contributed by atoms with Gasteiger partial charge in [-0.25, -0.2) is 0 Å². The predicted octanol–water partition coefficient (Wildman–Crippen LogP) is 5.06. The van der Waals surface area contributed by atoms with Crippen LogP contribution in [0.3, 0.4) is 0 Å². The topological polar surface area (TPSA) is 12.9 Å². The molecule has 1 heteroatoms. The molecular formula is C19H13N. The quantitative estimate of drug-likeness (QED) is 0.433. The van der Waals surface area contributed by atoms with Crippen LogP contribution in [0.25, 0.3) is 32.8 Å². The van der Waals surface area contributed by atoms with E-state index in [1.807, 2.05) is 12.3 Å². The minimum atomic E-state index is 1.06. The van der Waals surface area contributed by atoms with E-state index < -0.39 is 0 Å². The summed E-state index contributed by atoms with van der Waals surface area (Å²) in [6.45, 7) is 0. The van der Waals surface area contributed by atoms with E-state index in [4.69, 9.17) is 0 Å².